The van der Waals surface area contributed by atoms with E-state index < -0.39 is 0 Å². The van der Waals surface area contributed by atoms with E-state index in [0.29, 0.717) is 18.0 Å². The van der Waals surface area contributed by atoms with Crippen molar-refractivity contribution in [2.75, 3.05) is 19.7 Å². The number of hydrogen-bond donors (Lipinski definition) is 1. The lowest BCUT2D eigenvalue weighted by atomic mass is 9.56. The van der Waals surface area contributed by atoms with Gasteiger partial charge in [0.25, 0.3) is 0 Å². The number of hydrogen-bond acceptors (Lipinski definition) is 3. The molecule has 1 saturated carbocycles. The molecule has 2 aliphatic heterocycles. The first kappa shape index (κ1) is 14.9. The first-order chi connectivity index (χ1) is 11.3. The van der Waals surface area contributed by atoms with Gasteiger partial charge >= 0.3 is 6.03 Å². The SMILES string of the molecule is O=C(NCCc1ccncc1)N1CC2(CCC2)C1C1CCCO1. The largest absolute Gasteiger partial charge is 0.376 e. The number of carbonyl (C=O) groups is 1. The van der Waals surface area contributed by atoms with Gasteiger partial charge in [-0.25, -0.2) is 4.79 Å². The molecule has 0 bridgehead atoms. The van der Waals surface area contributed by atoms with Crippen molar-refractivity contribution in [3.8, 4) is 0 Å². The van der Waals surface area contributed by atoms with Crippen LogP contribution in [0.1, 0.15) is 37.7 Å². The van der Waals surface area contributed by atoms with Crippen LogP contribution in [0.5, 0.6) is 0 Å². The smallest absolute Gasteiger partial charge is 0.317 e. The van der Waals surface area contributed by atoms with Crippen molar-refractivity contribution >= 4 is 6.03 Å². The van der Waals surface area contributed by atoms with Gasteiger partial charge in [0.05, 0.1) is 12.1 Å². The minimum absolute atomic E-state index is 0.0806. The standard InChI is InChI=1S/C18H25N3O2/c22-17(20-11-6-14-4-9-19-10-5-14)21-13-18(7-2-8-18)16(21)15-3-1-12-23-15/h4-5,9-10,15-16H,1-3,6-8,11-13H2,(H,20,22). The highest BCUT2D eigenvalue weighted by atomic mass is 16.5. The van der Waals surface area contributed by atoms with Gasteiger partial charge in [0.1, 0.15) is 0 Å². The van der Waals surface area contributed by atoms with Crippen molar-refractivity contribution < 1.29 is 9.53 Å². The Hall–Kier alpha value is -1.62. The van der Waals surface area contributed by atoms with Crippen LogP contribution in [0.4, 0.5) is 4.79 Å². The Morgan fingerprint density at radius 2 is 2.17 bits per heavy atom. The predicted molar refractivity (Wildman–Crippen MR) is 87.1 cm³/mol. The van der Waals surface area contributed by atoms with Crippen LogP contribution in [0.2, 0.25) is 0 Å². The molecular formula is C18H25N3O2. The van der Waals surface area contributed by atoms with Gasteiger partial charge in [-0.05, 0) is 49.8 Å². The summed E-state index contributed by atoms with van der Waals surface area (Å²) in [6.07, 6.45) is 10.8. The number of nitrogens with one attached hydrogen (secondary N) is 1. The average molecular weight is 315 g/mol. The fourth-order valence-corrected chi connectivity index (χ4v) is 4.44. The maximum Gasteiger partial charge on any atom is 0.317 e. The minimum atomic E-state index is 0.0806. The zero-order valence-corrected chi connectivity index (χ0v) is 13.5. The number of amides is 2. The lowest BCUT2D eigenvalue weighted by Crippen LogP contribution is -2.73. The summed E-state index contributed by atoms with van der Waals surface area (Å²) in [5.41, 5.74) is 1.58. The number of rotatable bonds is 4. The number of carbonyl (C=O) groups excluding carboxylic acids is 1. The Balaban J connectivity index is 1.32. The molecule has 0 radical (unpaired) electrons. The van der Waals surface area contributed by atoms with E-state index in [0.717, 1.165) is 32.4 Å². The van der Waals surface area contributed by atoms with E-state index in [-0.39, 0.29) is 12.1 Å². The first-order valence-electron chi connectivity index (χ1n) is 8.83. The van der Waals surface area contributed by atoms with Gasteiger partial charge < -0.3 is 15.0 Å². The zero-order chi connectivity index (χ0) is 15.7. The minimum Gasteiger partial charge on any atom is -0.376 e. The van der Waals surface area contributed by atoms with Crippen LogP contribution < -0.4 is 5.32 Å². The molecule has 5 nitrogen and oxygen atoms in total. The molecule has 124 valence electrons. The summed E-state index contributed by atoms with van der Waals surface area (Å²) in [6.45, 7) is 2.44. The third kappa shape index (κ3) is 2.71. The van der Waals surface area contributed by atoms with Crippen molar-refractivity contribution in [3.05, 3.63) is 30.1 Å². The summed E-state index contributed by atoms with van der Waals surface area (Å²) in [4.78, 5) is 18.6. The second kappa shape index (κ2) is 6.11. The summed E-state index contributed by atoms with van der Waals surface area (Å²) in [5.74, 6) is 0. The fourth-order valence-electron chi connectivity index (χ4n) is 4.44. The number of pyridine rings is 1. The third-order valence-electron chi connectivity index (χ3n) is 5.81. The van der Waals surface area contributed by atoms with Crippen LogP contribution in [0, 0.1) is 5.41 Å². The van der Waals surface area contributed by atoms with Crippen LogP contribution in [0.15, 0.2) is 24.5 Å². The highest BCUT2D eigenvalue weighted by Gasteiger charge is 2.60. The molecule has 1 N–H and O–H groups in total. The first-order valence-corrected chi connectivity index (χ1v) is 8.83. The van der Waals surface area contributed by atoms with Crippen LogP contribution in [-0.4, -0.2) is 47.8 Å². The average Bonchev–Trinajstić information content (AvgIpc) is 2.99. The Labute approximate surface area is 137 Å². The van der Waals surface area contributed by atoms with Crippen molar-refractivity contribution in [2.45, 2.75) is 50.7 Å². The van der Waals surface area contributed by atoms with Gasteiger partial charge in [-0.15, -0.1) is 0 Å². The molecule has 4 rings (SSSR count). The second-order valence-electron chi connectivity index (χ2n) is 7.18. The fraction of sp³-hybridized carbons (Fsp3) is 0.667. The van der Waals surface area contributed by atoms with Crippen molar-refractivity contribution in [1.82, 2.24) is 15.2 Å². The molecule has 1 spiro atoms. The van der Waals surface area contributed by atoms with E-state index in [1.165, 1.54) is 24.8 Å². The second-order valence-corrected chi connectivity index (χ2v) is 7.18. The van der Waals surface area contributed by atoms with Crippen molar-refractivity contribution in [2.24, 2.45) is 5.41 Å². The zero-order valence-electron chi connectivity index (χ0n) is 13.5. The molecule has 1 aromatic heterocycles. The molecule has 2 unspecified atom stereocenters. The summed E-state index contributed by atoms with van der Waals surface area (Å²) >= 11 is 0. The molecule has 1 aliphatic carbocycles. The van der Waals surface area contributed by atoms with Gasteiger partial charge in [-0.1, -0.05) is 6.42 Å². The van der Waals surface area contributed by atoms with Crippen molar-refractivity contribution in [3.63, 3.8) is 0 Å². The summed E-state index contributed by atoms with van der Waals surface area (Å²) in [5, 5.41) is 3.08. The lowest BCUT2D eigenvalue weighted by molar-refractivity contribution is -0.147. The van der Waals surface area contributed by atoms with Gasteiger partial charge in [0, 0.05) is 37.5 Å². The van der Waals surface area contributed by atoms with Gasteiger partial charge in [-0.3, -0.25) is 4.98 Å². The molecule has 3 heterocycles. The molecule has 1 aromatic rings. The van der Waals surface area contributed by atoms with Gasteiger partial charge in [-0.2, -0.15) is 0 Å². The Morgan fingerprint density at radius 3 is 2.83 bits per heavy atom. The predicted octanol–water partition coefficient (Wildman–Crippen LogP) is 2.37. The number of ether oxygens (including phenoxy) is 1. The maximum absolute atomic E-state index is 12.6. The summed E-state index contributed by atoms with van der Waals surface area (Å²) in [7, 11) is 0. The van der Waals surface area contributed by atoms with Crippen molar-refractivity contribution in [1.29, 1.82) is 0 Å². The lowest BCUT2D eigenvalue weighted by Gasteiger charge is -2.63. The van der Waals surface area contributed by atoms with Crippen LogP contribution >= 0.6 is 0 Å². The normalized spacial score (nSPS) is 28.3. The number of likely N-dealkylation sites (tertiary alicyclic amines) is 1. The van der Waals surface area contributed by atoms with Crippen LogP contribution in [0.25, 0.3) is 0 Å². The number of aromatic nitrogens is 1. The molecule has 3 aliphatic rings. The molecule has 3 fully saturated rings. The third-order valence-corrected chi connectivity index (χ3v) is 5.81. The molecule has 5 heteroatoms. The van der Waals surface area contributed by atoms with E-state index in [9.17, 15) is 4.79 Å². The molecular weight excluding hydrogens is 290 g/mol. The number of urea groups is 1. The number of nitrogens with zero attached hydrogens (tertiary/aromatic N) is 2. The molecule has 0 aromatic carbocycles. The summed E-state index contributed by atoms with van der Waals surface area (Å²) in [6, 6.07) is 4.37. The van der Waals surface area contributed by atoms with E-state index in [1.807, 2.05) is 17.0 Å². The van der Waals surface area contributed by atoms with E-state index in [1.54, 1.807) is 12.4 Å². The topological polar surface area (TPSA) is 54.5 Å². The maximum atomic E-state index is 12.6. The Morgan fingerprint density at radius 1 is 1.35 bits per heavy atom. The highest BCUT2D eigenvalue weighted by molar-refractivity contribution is 5.76. The van der Waals surface area contributed by atoms with Gasteiger partial charge in [0.2, 0.25) is 0 Å². The highest BCUT2D eigenvalue weighted by Crippen LogP contribution is 2.55. The monoisotopic (exact) mass is 315 g/mol. The molecule has 2 atom stereocenters. The van der Waals surface area contributed by atoms with Crippen LogP contribution in [-0.2, 0) is 11.2 Å². The summed E-state index contributed by atoms with van der Waals surface area (Å²) < 4.78 is 5.91. The van der Waals surface area contributed by atoms with E-state index in [4.69, 9.17) is 4.74 Å². The molecule has 2 amide bonds. The van der Waals surface area contributed by atoms with Gasteiger partial charge in [0.15, 0.2) is 0 Å². The molecule has 2 saturated heterocycles. The van der Waals surface area contributed by atoms with E-state index >= 15 is 0 Å². The van der Waals surface area contributed by atoms with Crippen LogP contribution in [0.3, 0.4) is 0 Å². The van der Waals surface area contributed by atoms with E-state index in [2.05, 4.69) is 10.3 Å². The Bertz CT molecular complexity index is 553. The quantitative estimate of drug-likeness (QED) is 0.928. The Kier molecular flexibility index (Phi) is 3.97. The molecule has 23 heavy (non-hydrogen) atoms.